The summed E-state index contributed by atoms with van der Waals surface area (Å²) in [6.07, 6.45) is 0. The number of nitrogens with one attached hydrogen (secondary N) is 1. The molecule has 0 aliphatic carbocycles. The molecule has 102 valence electrons. The zero-order valence-corrected chi connectivity index (χ0v) is 13.2. The molecule has 0 saturated carbocycles. The highest BCUT2D eigenvalue weighted by Gasteiger charge is 2.19. The van der Waals surface area contributed by atoms with Gasteiger partial charge in [-0.3, -0.25) is 0 Å². The second-order valence-electron chi connectivity index (χ2n) is 5.29. The molecule has 2 nitrogen and oxygen atoms in total. The Morgan fingerprint density at radius 2 is 1.65 bits per heavy atom. The highest BCUT2D eigenvalue weighted by atomic mass is 79.9. The number of nitriles is 1. The fraction of sp³-hybridized carbons (Fsp3) is 0.235. The van der Waals surface area contributed by atoms with Crippen molar-refractivity contribution < 1.29 is 0 Å². The number of nitrogens with zero attached hydrogens (tertiary/aromatic N) is 1. The minimum Gasteiger partial charge on any atom is -0.304 e. The lowest BCUT2D eigenvalue weighted by Gasteiger charge is -2.27. The van der Waals surface area contributed by atoms with Crippen molar-refractivity contribution in [3.63, 3.8) is 0 Å². The molecule has 2 rings (SSSR count). The van der Waals surface area contributed by atoms with Crippen molar-refractivity contribution in [2.45, 2.75) is 25.9 Å². The van der Waals surface area contributed by atoms with E-state index in [4.69, 9.17) is 5.26 Å². The van der Waals surface area contributed by atoms with Gasteiger partial charge in [-0.15, -0.1) is 0 Å². The fourth-order valence-corrected chi connectivity index (χ4v) is 2.25. The lowest BCUT2D eigenvalue weighted by Crippen LogP contribution is -2.35. The number of halogens is 1. The van der Waals surface area contributed by atoms with Crippen LogP contribution in [0.5, 0.6) is 0 Å². The average molecular weight is 329 g/mol. The Bertz CT molecular complexity index is 607. The molecule has 0 aromatic heterocycles. The molecule has 0 aliphatic heterocycles. The summed E-state index contributed by atoms with van der Waals surface area (Å²) in [5.41, 5.74) is 3.01. The van der Waals surface area contributed by atoms with Gasteiger partial charge in [0.25, 0.3) is 0 Å². The predicted molar refractivity (Wildman–Crippen MR) is 85.2 cm³/mol. The summed E-state index contributed by atoms with van der Waals surface area (Å²) in [6.45, 7) is 5.11. The zero-order chi connectivity index (χ0) is 14.6. The van der Waals surface area contributed by atoms with E-state index in [1.807, 2.05) is 24.3 Å². The maximum Gasteiger partial charge on any atom is 0.0991 e. The van der Waals surface area contributed by atoms with E-state index < -0.39 is 0 Å². The molecule has 0 bridgehead atoms. The average Bonchev–Trinajstić information content (AvgIpc) is 2.46. The van der Waals surface area contributed by atoms with Crippen LogP contribution >= 0.6 is 15.9 Å². The first-order valence-corrected chi connectivity index (χ1v) is 7.31. The van der Waals surface area contributed by atoms with Gasteiger partial charge in [-0.05, 0) is 49.2 Å². The summed E-state index contributed by atoms with van der Waals surface area (Å²) in [4.78, 5) is 0. The molecule has 0 aliphatic rings. The van der Waals surface area contributed by atoms with Crippen LogP contribution in [0.3, 0.4) is 0 Å². The number of benzene rings is 2. The monoisotopic (exact) mass is 328 g/mol. The van der Waals surface area contributed by atoms with E-state index in [0.29, 0.717) is 5.56 Å². The van der Waals surface area contributed by atoms with Gasteiger partial charge in [0.05, 0.1) is 11.6 Å². The van der Waals surface area contributed by atoms with Crippen LogP contribution in [0.4, 0.5) is 0 Å². The number of hydrogen-bond donors (Lipinski definition) is 1. The maximum absolute atomic E-state index is 8.79. The van der Waals surface area contributed by atoms with E-state index in [1.54, 1.807) is 0 Å². The largest absolute Gasteiger partial charge is 0.304 e. The standard InChI is InChI=1S/C17H17BrN2/c1-17(2,15-7-9-16(18)10-8-15)20-12-14-5-3-13(11-19)4-6-14/h3-10,20H,12H2,1-2H3. The topological polar surface area (TPSA) is 35.8 Å². The van der Waals surface area contributed by atoms with Gasteiger partial charge in [0.1, 0.15) is 0 Å². The van der Waals surface area contributed by atoms with E-state index in [-0.39, 0.29) is 5.54 Å². The molecule has 0 heterocycles. The minimum atomic E-state index is -0.103. The molecule has 0 fully saturated rings. The van der Waals surface area contributed by atoms with Crippen molar-refractivity contribution in [2.24, 2.45) is 0 Å². The zero-order valence-electron chi connectivity index (χ0n) is 11.7. The Labute approximate surface area is 128 Å². The summed E-state index contributed by atoms with van der Waals surface area (Å²) < 4.78 is 1.09. The van der Waals surface area contributed by atoms with Crippen LogP contribution < -0.4 is 5.32 Å². The van der Waals surface area contributed by atoms with Gasteiger partial charge in [-0.1, -0.05) is 40.2 Å². The van der Waals surface area contributed by atoms with E-state index >= 15 is 0 Å². The molecule has 0 saturated heterocycles. The minimum absolute atomic E-state index is 0.103. The van der Waals surface area contributed by atoms with Crippen LogP contribution in [-0.2, 0) is 12.1 Å². The third-order valence-corrected chi connectivity index (χ3v) is 3.91. The molecule has 20 heavy (non-hydrogen) atoms. The van der Waals surface area contributed by atoms with Crippen LogP contribution in [0.15, 0.2) is 53.0 Å². The van der Waals surface area contributed by atoms with E-state index in [9.17, 15) is 0 Å². The molecule has 0 atom stereocenters. The summed E-state index contributed by atoms with van der Waals surface area (Å²) >= 11 is 3.45. The van der Waals surface area contributed by atoms with Gasteiger partial charge in [0, 0.05) is 16.6 Å². The second-order valence-corrected chi connectivity index (χ2v) is 6.21. The van der Waals surface area contributed by atoms with Crippen LogP contribution in [0.1, 0.15) is 30.5 Å². The van der Waals surface area contributed by atoms with Crippen molar-refractivity contribution in [1.29, 1.82) is 5.26 Å². The Morgan fingerprint density at radius 3 is 2.20 bits per heavy atom. The van der Waals surface area contributed by atoms with Gasteiger partial charge >= 0.3 is 0 Å². The smallest absolute Gasteiger partial charge is 0.0991 e. The van der Waals surface area contributed by atoms with Crippen molar-refractivity contribution >= 4 is 15.9 Å². The van der Waals surface area contributed by atoms with E-state index in [0.717, 1.165) is 11.0 Å². The van der Waals surface area contributed by atoms with Crippen LogP contribution in [0.25, 0.3) is 0 Å². The number of hydrogen-bond acceptors (Lipinski definition) is 2. The van der Waals surface area contributed by atoms with Crippen molar-refractivity contribution in [3.8, 4) is 6.07 Å². The van der Waals surface area contributed by atoms with E-state index in [1.165, 1.54) is 11.1 Å². The SMILES string of the molecule is CC(C)(NCc1ccc(C#N)cc1)c1ccc(Br)cc1. The van der Waals surface area contributed by atoms with Crippen molar-refractivity contribution in [3.05, 3.63) is 69.7 Å². The summed E-state index contributed by atoms with van der Waals surface area (Å²) in [7, 11) is 0. The third-order valence-electron chi connectivity index (χ3n) is 3.38. The maximum atomic E-state index is 8.79. The molecule has 2 aromatic carbocycles. The Hall–Kier alpha value is -1.63. The van der Waals surface area contributed by atoms with E-state index in [2.05, 4.69) is 65.4 Å². The normalized spacial score (nSPS) is 11.1. The second kappa shape index (κ2) is 6.21. The molecule has 1 N–H and O–H groups in total. The van der Waals surface area contributed by atoms with Gasteiger partial charge in [0.2, 0.25) is 0 Å². The first kappa shape index (κ1) is 14.8. The van der Waals surface area contributed by atoms with Crippen molar-refractivity contribution in [2.75, 3.05) is 0 Å². The third kappa shape index (κ3) is 3.69. The molecule has 0 unspecified atom stereocenters. The highest BCUT2D eigenvalue weighted by molar-refractivity contribution is 9.10. The molecular formula is C17H17BrN2. The molecule has 0 amide bonds. The lowest BCUT2D eigenvalue weighted by molar-refractivity contribution is 0.401. The summed E-state index contributed by atoms with van der Waals surface area (Å²) in [5, 5.41) is 12.3. The fourth-order valence-electron chi connectivity index (χ4n) is 1.99. The predicted octanol–water partition coefficient (Wildman–Crippen LogP) is 4.35. The molecular weight excluding hydrogens is 312 g/mol. The Kier molecular flexibility index (Phi) is 4.59. The Morgan fingerprint density at radius 1 is 1.05 bits per heavy atom. The van der Waals surface area contributed by atoms with Gasteiger partial charge in [-0.2, -0.15) is 5.26 Å². The van der Waals surface area contributed by atoms with Crippen LogP contribution in [0.2, 0.25) is 0 Å². The Balaban J connectivity index is 2.04. The quantitative estimate of drug-likeness (QED) is 0.905. The summed E-state index contributed by atoms with van der Waals surface area (Å²) in [5.74, 6) is 0. The van der Waals surface area contributed by atoms with Crippen molar-refractivity contribution in [1.82, 2.24) is 5.32 Å². The van der Waals surface area contributed by atoms with Gasteiger partial charge < -0.3 is 5.32 Å². The molecule has 0 spiro atoms. The van der Waals surface area contributed by atoms with Crippen LogP contribution in [-0.4, -0.2) is 0 Å². The molecule has 0 radical (unpaired) electrons. The number of rotatable bonds is 4. The summed E-state index contributed by atoms with van der Waals surface area (Å²) in [6, 6.07) is 18.2. The van der Waals surface area contributed by atoms with Gasteiger partial charge in [0.15, 0.2) is 0 Å². The van der Waals surface area contributed by atoms with Crippen LogP contribution in [0, 0.1) is 11.3 Å². The molecule has 3 heteroatoms. The first-order valence-electron chi connectivity index (χ1n) is 6.51. The highest BCUT2D eigenvalue weighted by Crippen LogP contribution is 2.22. The van der Waals surface area contributed by atoms with Gasteiger partial charge in [-0.25, -0.2) is 0 Å². The lowest BCUT2D eigenvalue weighted by atomic mass is 9.94. The first-order chi connectivity index (χ1) is 9.51. The molecule has 2 aromatic rings.